The van der Waals surface area contributed by atoms with Crippen LogP contribution >= 0.6 is 0 Å². The second kappa shape index (κ2) is 5.53. The highest BCUT2D eigenvalue weighted by molar-refractivity contribution is 5.75. The highest BCUT2D eigenvalue weighted by atomic mass is 16.5. The molecular weight excluding hydrogens is 258 g/mol. The second-order valence-corrected chi connectivity index (χ2v) is 5.95. The van der Waals surface area contributed by atoms with Gasteiger partial charge in [-0.05, 0) is 67.6 Å². The molecule has 110 valence electrons. The molecule has 0 bridgehead atoms. The number of benzene rings is 2. The minimum absolute atomic E-state index is 0.509. The maximum atomic E-state index is 5.61. The Morgan fingerprint density at radius 2 is 1.95 bits per heavy atom. The lowest BCUT2D eigenvalue weighted by molar-refractivity contribution is 0.416. The molecule has 1 aliphatic carbocycles. The van der Waals surface area contributed by atoms with E-state index < -0.39 is 0 Å². The molecule has 2 aromatic rings. The van der Waals surface area contributed by atoms with Crippen molar-refractivity contribution in [3.8, 4) is 16.9 Å². The summed E-state index contributed by atoms with van der Waals surface area (Å²) in [6.07, 6.45) is 2.35. The largest absolute Gasteiger partial charge is 0.496 e. The molecule has 0 radical (unpaired) electrons. The second-order valence-electron chi connectivity index (χ2n) is 5.95. The van der Waals surface area contributed by atoms with Gasteiger partial charge in [-0.15, -0.1) is 0 Å². The maximum absolute atomic E-state index is 5.61. The van der Waals surface area contributed by atoms with Crippen molar-refractivity contribution >= 4 is 0 Å². The van der Waals surface area contributed by atoms with E-state index >= 15 is 0 Å². The molecular formula is C19H23NO. The van der Waals surface area contributed by atoms with E-state index in [1.54, 1.807) is 7.11 Å². The predicted molar refractivity (Wildman–Crippen MR) is 88.0 cm³/mol. The fraction of sp³-hybridized carbons (Fsp3) is 0.368. The van der Waals surface area contributed by atoms with E-state index in [0.717, 1.165) is 12.2 Å². The normalized spacial score (nSPS) is 16.9. The van der Waals surface area contributed by atoms with Crippen molar-refractivity contribution in [2.24, 2.45) is 0 Å². The first-order valence-corrected chi connectivity index (χ1v) is 7.59. The van der Waals surface area contributed by atoms with Gasteiger partial charge in [0.1, 0.15) is 5.75 Å². The lowest BCUT2D eigenvalue weighted by Gasteiger charge is -2.15. The highest BCUT2D eigenvalue weighted by Crippen LogP contribution is 2.38. The van der Waals surface area contributed by atoms with Crippen molar-refractivity contribution in [3.05, 3.63) is 52.6 Å². The fourth-order valence-electron chi connectivity index (χ4n) is 3.53. The lowest BCUT2D eigenvalue weighted by atomic mass is 9.94. The van der Waals surface area contributed by atoms with Crippen LogP contribution in [-0.4, -0.2) is 14.2 Å². The molecule has 1 aliphatic rings. The van der Waals surface area contributed by atoms with Crippen molar-refractivity contribution in [1.82, 2.24) is 5.32 Å². The monoisotopic (exact) mass is 281 g/mol. The number of rotatable bonds is 3. The van der Waals surface area contributed by atoms with Crippen molar-refractivity contribution < 1.29 is 4.74 Å². The molecule has 1 N–H and O–H groups in total. The van der Waals surface area contributed by atoms with Crippen LogP contribution in [-0.2, 0) is 6.42 Å². The van der Waals surface area contributed by atoms with E-state index in [0.29, 0.717) is 6.04 Å². The van der Waals surface area contributed by atoms with Gasteiger partial charge in [0.2, 0.25) is 0 Å². The Hall–Kier alpha value is -1.80. The van der Waals surface area contributed by atoms with Crippen LogP contribution < -0.4 is 10.1 Å². The van der Waals surface area contributed by atoms with E-state index in [2.05, 4.69) is 49.5 Å². The van der Waals surface area contributed by atoms with E-state index in [1.165, 1.54) is 39.8 Å². The summed E-state index contributed by atoms with van der Waals surface area (Å²) >= 11 is 0. The number of nitrogens with one attached hydrogen (secondary N) is 1. The molecule has 0 saturated heterocycles. The maximum Gasteiger partial charge on any atom is 0.127 e. The van der Waals surface area contributed by atoms with Crippen LogP contribution in [0.3, 0.4) is 0 Å². The van der Waals surface area contributed by atoms with Crippen molar-refractivity contribution in [1.29, 1.82) is 0 Å². The third-order valence-electron chi connectivity index (χ3n) is 4.52. The molecule has 2 heteroatoms. The number of methoxy groups -OCH3 is 1. The zero-order valence-corrected chi connectivity index (χ0v) is 13.3. The molecule has 0 saturated carbocycles. The Bertz CT molecular complexity index is 676. The van der Waals surface area contributed by atoms with Gasteiger partial charge in [0, 0.05) is 11.6 Å². The Morgan fingerprint density at radius 1 is 1.14 bits per heavy atom. The van der Waals surface area contributed by atoms with Gasteiger partial charge in [-0.2, -0.15) is 0 Å². The predicted octanol–water partition coefficient (Wildman–Crippen LogP) is 4.19. The van der Waals surface area contributed by atoms with Crippen LogP contribution in [0.4, 0.5) is 0 Å². The summed E-state index contributed by atoms with van der Waals surface area (Å²) in [6.45, 7) is 4.27. The van der Waals surface area contributed by atoms with Gasteiger partial charge in [0.25, 0.3) is 0 Å². The fourth-order valence-corrected chi connectivity index (χ4v) is 3.53. The molecule has 1 atom stereocenters. The van der Waals surface area contributed by atoms with E-state index in [4.69, 9.17) is 4.74 Å². The Kier molecular flexibility index (Phi) is 3.73. The first-order valence-electron chi connectivity index (χ1n) is 7.59. The molecule has 0 heterocycles. The summed E-state index contributed by atoms with van der Waals surface area (Å²) < 4.78 is 5.61. The van der Waals surface area contributed by atoms with Gasteiger partial charge in [-0.1, -0.05) is 24.3 Å². The molecule has 0 amide bonds. The first-order chi connectivity index (χ1) is 10.1. The van der Waals surface area contributed by atoms with Gasteiger partial charge >= 0.3 is 0 Å². The standard InChI is InChI=1S/C19H23NO/c1-12-9-13(2)19(18(10-12)21-4)15-5-7-16-14(11-15)6-8-17(16)20-3/h5,7,9-11,17,20H,6,8H2,1-4H3. The number of fused-ring (bicyclic) bond motifs is 1. The minimum atomic E-state index is 0.509. The quantitative estimate of drug-likeness (QED) is 0.911. The number of aryl methyl sites for hydroxylation is 3. The van der Waals surface area contributed by atoms with Crippen molar-refractivity contribution in [2.45, 2.75) is 32.7 Å². The summed E-state index contributed by atoms with van der Waals surface area (Å²) in [5.74, 6) is 0.968. The highest BCUT2D eigenvalue weighted by Gasteiger charge is 2.22. The molecule has 3 rings (SSSR count). The summed E-state index contributed by atoms with van der Waals surface area (Å²) in [4.78, 5) is 0. The molecule has 0 aliphatic heterocycles. The Morgan fingerprint density at radius 3 is 2.67 bits per heavy atom. The van der Waals surface area contributed by atoms with Gasteiger partial charge in [0.15, 0.2) is 0 Å². The molecule has 2 nitrogen and oxygen atoms in total. The molecule has 21 heavy (non-hydrogen) atoms. The summed E-state index contributed by atoms with van der Waals surface area (Å²) in [5.41, 5.74) is 7.91. The van der Waals surface area contributed by atoms with E-state index in [-0.39, 0.29) is 0 Å². The van der Waals surface area contributed by atoms with Crippen LogP contribution in [0.25, 0.3) is 11.1 Å². The average Bonchev–Trinajstić information content (AvgIpc) is 2.88. The van der Waals surface area contributed by atoms with E-state index in [1.807, 2.05) is 7.05 Å². The molecule has 0 spiro atoms. The summed E-state index contributed by atoms with van der Waals surface area (Å²) in [5, 5.41) is 3.40. The van der Waals surface area contributed by atoms with Crippen molar-refractivity contribution in [2.75, 3.05) is 14.2 Å². The van der Waals surface area contributed by atoms with Crippen molar-refractivity contribution in [3.63, 3.8) is 0 Å². The SMILES string of the molecule is CNC1CCc2cc(-c3c(C)cc(C)cc3OC)ccc21. The number of hydrogen-bond donors (Lipinski definition) is 1. The minimum Gasteiger partial charge on any atom is -0.496 e. The number of ether oxygens (including phenoxy) is 1. The van der Waals surface area contributed by atoms with Gasteiger partial charge < -0.3 is 10.1 Å². The third-order valence-corrected chi connectivity index (χ3v) is 4.52. The van der Waals surface area contributed by atoms with Crippen LogP contribution in [0, 0.1) is 13.8 Å². The van der Waals surface area contributed by atoms with Crippen LogP contribution in [0.5, 0.6) is 5.75 Å². The van der Waals surface area contributed by atoms with E-state index in [9.17, 15) is 0 Å². The van der Waals surface area contributed by atoms with Crippen LogP contribution in [0.2, 0.25) is 0 Å². The summed E-state index contributed by atoms with van der Waals surface area (Å²) in [7, 11) is 3.79. The van der Waals surface area contributed by atoms with Gasteiger partial charge in [0.05, 0.1) is 7.11 Å². The third kappa shape index (κ3) is 2.44. The zero-order chi connectivity index (χ0) is 15.0. The zero-order valence-electron chi connectivity index (χ0n) is 13.3. The molecule has 2 aromatic carbocycles. The smallest absolute Gasteiger partial charge is 0.127 e. The summed E-state index contributed by atoms with van der Waals surface area (Å²) in [6, 6.07) is 11.7. The van der Waals surface area contributed by atoms with Gasteiger partial charge in [-0.3, -0.25) is 0 Å². The number of hydrogen-bond acceptors (Lipinski definition) is 2. The average molecular weight is 281 g/mol. The molecule has 0 fully saturated rings. The first kappa shape index (κ1) is 14.2. The Balaban J connectivity index is 2.10. The van der Waals surface area contributed by atoms with Crippen LogP contribution in [0.15, 0.2) is 30.3 Å². The molecule has 0 aromatic heterocycles. The topological polar surface area (TPSA) is 21.3 Å². The van der Waals surface area contributed by atoms with Crippen LogP contribution in [0.1, 0.15) is 34.7 Å². The lowest BCUT2D eigenvalue weighted by Crippen LogP contribution is -2.12. The molecule has 1 unspecified atom stereocenters. The Labute approximate surface area is 127 Å². The van der Waals surface area contributed by atoms with Gasteiger partial charge in [-0.25, -0.2) is 0 Å².